The molecule has 0 spiro atoms. The van der Waals surface area contributed by atoms with Crippen LogP contribution in [-0.2, 0) is 23.6 Å². The Bertz CT molecular complexity index is 1090. The van der Waals surface area contributed by atoms with Crippen molar-refractivity contribution in [1.29, 1.82) is 0 Å². The number of benzene rings is 2. The van der Waals surface area contributed by atoms with Crippen LogP contribution >= 0.6 is 8.45 Å². The highest BCUT2D eigenvalue weighted by Gasteiger charge is 2.27. The van der Waals surface area contributed by atoms with Crippen molar-refractivity contribution in [2.45, 2.75) is 67.5 Å². The molecule has 226 valence electrons. The van der Waals surface area contributed by atoms with Crippen LogP contribution < -0.4 is 20.2 Å². The van der Waals surface area contributed by atoms with Gasteiger partial charge in [-0.15, -0.1) is 0 Å². The molecule has 2 rings (SSSR count). The minimum atomic E-state index is -1.77. The summed E-state index contributed by atoms with van der Waals surface area (Å²) in [5.74, 6) is -0.934. The van der Waals surface area contributed by atoms with E-state index in [-0.39, 0.29) is 36.7 Å². The number of carbonyl (C=O) groups is 3. The molecule has 2 aromatic carbocycles. The molecule has 0 aliphatic rings. The van der Waals surface area contributed by atoms with Crippen LogP contribution in [0.4, 0.5) is 5.69 Å². The number of nitrogens with one attached hydrogen (secondary N) is 3. The van der Waals surface area contributed by atoms with Crippen molar-refractivity contribution in [3.8, 4) is 5.75 Å². The van der Waals surface area contributed by atoms with Gasteiger partial charge in [0.2, 0.25) is 0 Å². The third-order valence-electron chi connectivity index (χ3n) is 5.18. The highest BCUT2D eigenvalue weighted by atomic mass is 31.2. The lowest BCUT2D eigenvalue weighted by molar-refractivity contribution is -0.148. The number of carbonyl (C=O) groups excluding carboxylic acids is 3. The molecule has 0 aromatic heterocycles. The lowest BCUT2D eigenvalue weighted by Crippen LogP contribution is -2.41. The Morgan fingerprint density at radius 3 is 1.76 bits per heavy atom. The highest BCUT2D eigenvalue weighted by Crippen LogP contribution is 2.30. The van der Waals surface area contributed by atoms with Crippen molar-refractivity contribution < 1.29 is 33.1 Å². The van der Waals surface area contributed by atoms with Gasteiger partial charge in [0.1, 0.15) is 17.8 Å². The van der Waals surface area contributed by atoms with Crippen molar-refractivity contribution in [3.05, 3.63) is 60.2 Å². The molecule has 0 saturated carbocycles. The van der Waals surface area contributed by atoms with Crippen LogP contribution in [0, 0.1) is 10.8 Å². The van der Waals surface area contributed by atoms with Crippen LogP contribution in [0.5, 0.6) is 5.75 Å². The average Bonchev–Trinajstić information content (AvgIpc) is 2.90. The predicted octanol–water partition coefficient (Wildman–Crippen LogP) is 5.65. The van der Waals surface area contributed by atoms with Gasteiger partial charge in [-0.3, -0.25) is 18.9 Å². The molecule has 3 N–H and O–H groups in total. The smallest absolute Gasteiger partial charge is 0.323 e. The molecule has 0 aliphatic carbocycles. The topological polar surface area (TPSA) is 124 Å². The van der Waals surface area contributed by atoms with Gasteiger partial charge >= 0.3 is 11.9 Å². The molecular formula is C30H44N3O7P. The van der Waals surface area contributed by atoms with Crippen LogP contribution in [0.15, 0.2) is 54.6 Å². The number of amides is 1. The van der Waals surface area contributed by atoms with Gasteiger partial charge in [-0.25, -0.2) is 10.2 Å². The van der Waals surface area contributed by atoms with Crippen molar-refractivity contribution in [2.24, 2.45) is 10.8 Å². The van der Waals surface area contributed by atoms with E-state index in [0.29, 0.717) is 17.0 Å². The minimum Gasteiger partial charge on any atom is -0.466 e. The Kier molecular flexibility index (Phi) is 13.2. The summed E-state index contributed by atoms with van der Waals surface area (Å²) in [4.78, 5) is 38.1. The third-order valence-corrected chi connectivity index (χ3v) is 6.79. The molecule has 10 nitrogen and oxygen atoms in total. The first kappa shape index (κ1) is 34.2. The molecule has 0 saturated heterocycles. The summed E-state index contributed by atoms with van der Waals surface area (Å²) in [6, 6.07) is 14.4. The Labute approximate surface area is 244 Å². The summed E-state index contributed by atoms with van der Waals surface area (Å²) in [6.07, 6.45) is 0. The molecule has 1 amide bonds. The fourth-order valence-electron chi connectivity index (χ4n) is 3.04. The second-order valence-electron chi connectivity index (χ2n) is 12.0. The number of hydrogen-bond donors (Lipinski definition) is 3. The van der Waals surface area contributed by atoms with Crippen LogP contribution in [0.3, 0.4) is 0 Å². The van der Waals surface area contributed by atoms with Gasteiger partial charge in [-0.05, 0) is 48.9 Å². The first-order valence-electron chi connectivity index (χ1n) is 13.5. The summed E-state index contributed by atoms with van der Waals surface area (Å²) < 4.78 is 22.6. The lowest BCUT2D eigenvalue weighted by atomic mass is 9.99. The van der Waals surface area contributed by atoms with Crippen molar-refractivity contribution in [3.63, 3.8) is 0 Å². The van der Waals surface area contributed by atoms with Gasteiger partial charge in [0.05, 0.1) is 18.8 Å². The molecule has 0 aliphatic heterocycles. The van der Waals surface area contributed by atoms with Crippen molar-refractivity contribution >= 4 is 32.0 Å². The van der Waals surface area contributed by atoms with Gasteiger partial charge in [-0.1, -0.05) is 71.9 Å². The van der Waals surface area contributed by atoms with Gasteiger partial charge in [-0.2, -0.15) is 0 Å². The van der Waals surface area contributed by atoms with E-state index < -0.39 is 32.5 Å². The van der Waals surface area contributed by atoms with E-state index >= 15 is 0 Å². The Morgan fingerprint density at radius 2 is 1.24 bits per heavy atom. The van der Waals surface area contributed by atoms with E-state index in [9.17, 15) is 14.4 Å². The van der Waals surface area contributed by atoms with Gasteiger partial charge in [0.25, 0.3) is 5.91 Å². The van der Waals surface area contributed by atoms with E-state index in [2.05, 4.69) is 15.5 Å². The van der Waals surface area contributed by atoms with Crippen LogP contribution in [0.1, 0.15) is 65.7 Å². The molecule has 2 aromatic rings. The standard InChI is InChI=1S/C30H44N3O7P/c1-21(27(35)37-18-29(3,4)5)32-41(33-22(2)28(36)38-19-30(6,7)8)40-20-39-25-17-13-12-16-24(25)26(34)31-23-14-10-9-11-15-23/h9-17,21-22,32-33H,18-20H2,1-8H3,(H,31,34). The zero-order valence-electron chi connectivity index (χ0n) is 25.3. The molecule has 0 radical (unpaired) electrons. The van der Waals surface area contributed by atoms with E-state index in [4.69, 9.17) is 18.7 Å². The van der Waals surface area contributed by atoms with E-state index in [1.54, 1.807) is 50.2 Å². The Hall–Kier alpha value is -3.04. The number of para-hydroxylation sites is 2. The average molecular weight is 590 g/mol. The highest BCUT2D eigenvalue weighted by molar-refractivity contribution is 7.48. The number of rotatable bonds is 14. The van der Waals surface area contributed by atoms with Crippen molar-refractivity contribution in [2.75, 3.05) is 25.3 Å². The van der Waals surface area contributed by atoms with E-state index in [1.807, 2.05) is 59.7 Å². The number of anilines is 1. The Morgan fingerprint density at radius 1 is 0.756 bits per heavy atom. The fourth-order valence-corrected chi connectivity index (χ4v) is 4.33. The number of esters is 2. The number of ether oxygens (including phenoxy) is 3. The lowest BCUT2D eigenvalue weighted by Gasteiger charge is -2.26. The normalized spacial score (nSPS) is 14.0. The molecule has 0 bridgehead atoms. The summed E-state index contributed by atoms with van der Waals surface area (Å²) in [7, 11) is -1.77. The fraction of sp³-hybridized carbons (Fsp3) is 0.500. The maximum Gasteiger partial charge on any atom is 0.323 e. The summed E-state index contributed by atoms with van der Waals surface area (Å²) >= 11 is 0. The summed E-state index contributed by atoms with van der Waals surface area (Å²) in [5, 5.41) is 8.95. The maximum atomic E-state index is 12.9. The largest absolute Gasteiger partial charge is 0.466 e. The third kappa shape index (κ3) is 13.4. The molecule has 11 heteroatoms. The monoisotopic (exact) mass is 589 g/mol. The predicted molar refractivity (Wildman–Crippen MR) is 160 cm³/mol. The molecule has 41 heavy (non-hydrogen) atoms. The van der Waals surface area contributed by atoms with Gasteiger partial charge in [0.15, 0.2) is 15.2 Å². The Balaban J connectivity index is 2.07. The minimum absolute atomic E-state index is 0.186. The summed E-state index contributed by atoms with van der Waals surface area (Å²) in [5.41, 5.74) is 0.603. The zero-order valence-corrected chi connectivity index (χ0v) is 26.2. The quantitative estimate of drug-likeness (QED) is 0.146. The number of hydrogen-bond acceptors (Lipinski definition) is 9. The molecule has 2 unspecified atom stereocenters. The van der Waals surface area contributed by atoms with Crippen LogP contribution in [-0.4, -0.2) is 49.9 Å². The van der Waals surface area contributed by atoms with Crippen LogP contribution in [0.2, 0.25) is 0 Å². The molecule has 2 atom stereocenters. The maximum absolute atomic E-state index is 12.9. The summed E-state index contributed by atoms with van der Waals surface area (Å²) in [6.45, 7) is 15.4. The zero-order chi connectivity index (χ0) is 30.6. The van der Waals surface area contributed by atoms with Gasteiger partial charge in [0, 0.05) is 5.69 Å². The molecular weight excluding hydrogens is 545 g/mol. The molecule has 0 heterocycles. The second kappa shape index (κ2) is 15.8. The van der Waals surface area contributed by atoms with E-state index in [0.717, 1.165) is 0 Å². The first-order valence-corrected chi connectivity index (χ1v) is 14.8. The first-order chi connectivity index (χ1) is 19.1. The van der Waals surface area contributed by atoms with Crippen molar-refractivity contribution in [1.82, 2.24) is 10.2 Å². The van der Waals surface area contributed by atoms with E-state index in [1.165, 1.54) is 0 Å². The van der Waals surface area contributed by atoms with Crippen LogP contribution in [0.25, 0.3) is 0 Å². The second-order valence-corrected chi connectivity index (χ2v) is 13.4. The SMILES string of the molecule is CC(NP(NC(C)C(=O)OCC(C)(C)C)OCOc1ccccc1C(=O)Nc1ccccc1)C(=O)OCC(C)(C)C. The van der Waals surface area contributed by atoms with Gasteiger partial charge < -0.3 is 19.5 Å². The molecule has 0 fully saturated rings.